The lowest BCUT2D eigenvalue weighted by Crippen LogP contribution is -2.32. The summed E-state index contributed by atoms with van der Waals surface area (Å²) in [5, 5.41) is 2.18. The summed E-state index contributed by atoms with van der Waals surface area (Å²) >= 11 is 0. The van der Waals surface area contributed by atoms with Gasteiger partial charge in [0.2, 0.25) is 5.56 Å². The van der Waals surface area contributed by atoms with Crippen molar-refractivity contribution in [3.63, 3.8) is 0 Å². The number of nitrogens with one attached hydrogen (secondary N) is 2. The van der Waals surface area contributed by atoms with E-state index in [-0.39, 0.29) is 11.1 Å². The summed E-state index contributed by atoms with van der Waals surface area (Å²) in [4.78, 5) is 25.0. The van der Waals surface area contributed by atoms with E-state index in [2.05, 4.69) is 28.4 Å². The molecule has 2 N–H and O–H groups in total. The molecular weight excluding hydrogens is 330 g/mol. The first kappa shape index (κ1) is 20.0. The van der Waals surface area contributed by atoms with Crippen LogP contribution in [-0.2, 0) is 0 Å². The molecule has 0 fully saturated rings. The molecule has 0 radical (unpaired) electrons. The highest BCUT2D eigenvalue weighted by Crippen LogP contribution is 2.32. The van der Waals surface area contributed by atoms with Crippen molar-refractivity contribution in [1.29, 1.82) is 0 Å². The minimum Gasteiger partial charge on any atom is -0.487 e. The van der Waals surface area contributed by atoms with Gasteiger partial charge >= 0.3 is 0 Å². The van der Waals surface area contributed by atoms with Gasteiger partial charge in [-0.05, 0) is 49.8 Å². The molecule has 0 amide bonds. The molecule has 0 atom stereocenters. The predicted octanol–water partition coefficient (Wildman–Crippen LogP) is 3.19. The summed E-state index contributed by atoms with van der Waals surface area (Å²) < 4.78 is 5.86. The van der Waals surface area contributed by atoms with Gasteiger partial charge in [-0.1, -0.05) is 13.8 Å². The van der Waals surface area contributed by atoms with Crippen LogP contribution in [0.5, 0.6) is 5.75 Å². The van der Waals surface area contributed by atoms with Crippen LogP contribution in [0.25, 0.3) is 0 Å². The molecule has 1 aliphatic heterocycles. The quantitative estimate of drug-likeness (QED) is 0.763. The summed E-state index contributed by atoms with van der Waals surface area (Å²) in [6.07, 6.45) is 8.74. The molecule has 0 saturated heterocycles. The second-order valence-electron chi connectivity index (χ2n) is 6.01. The lowest BCUT2D eigenvalue weighted by Gasteiger charge is -2.27. The molecule has 1 aliphatic carbocycles. The third-order valence-corrected chi connectivity index (χ3v) is 4.52. The van der Waals surface area contributed by atoms with Crippen molar-refractivity contribution in [2.45, 2.75) is 46.5 Å². The van der Waals surface area contributed by atoms with Crippen molar-refractivity contribution >= 4 is 6.29 Å². The lowest BCUT2D eigenvalue weighted by molar-refractivity contribution is 0.111. The third kappa shape index (κ3) is 4.64. The van der Waals surface area contributed by atoms with E-state index < -0.39 is 0 Å². The Morgan fingerprint density at radius 1 is 1.27 bits per heavy atom. The van der Waals surface area contributed by atoms with E-state index in [4.69, 9.17) is 4.74 Å². The van der Waals surface area contributed by atoms with Crippen LogP contribution in [0.4, 0.5) is 0 Å². The SMILES string of the molecule is CC.CCN1NCC=C1C1=C(COc2c[nH]c(=O)cc2C=O)CCCC1. The van der Waals surface area contributed by atoms with Crippen LogP contribution in [0, 0.1) is 0 Å². The number of nitrogens with zero attached hydrogens (tertiary/aromatic N) is 1. The number of aldehydes is 1. The van der Waals surface area contributed by atoms with E-state index in [0.717, 1.165) is 32.4 Å². The molecular formula is C20H29N3O3. The molecule has 2 aliphatic rings. The van der Waals surface area contributed by atoms with E-state index in [1.807, 2.05) is 13.8 Å². The molecule has 142 valence electrons. The standard InChI is InChI=1S/C18H23N3O3.C2H6/c1-2-21-16(7-8-20-21)15-6-4-3-5-13(15)12-24-17-10-19-18(23)9-14(17)11-22;1-2/h7,9-11,20H,2-6,8,12H2,1H3,(H,19,23);1-2H3. The van der Waals surface area contributed by atoms with Crippen molar-refractivity contribution < 1.29 is 9.53 Å². The van der Waals surface area contributed by atoms with Crippen LogP contribution in [0.1, 0.15) is 56.8 Å². The monoisotopic (exact) mass is 359 g/mol. The summed E-state index contributed by atoms with van der Waals surface area (Å²) in [6.45, 7) is 8.34. The first-order valence-electron chi connectivity index (χ1n) is 9.46. The van der Waals surface area contributed by atoms with Gasteiger partial charge in [0.15, 0.2) is 6.29 Å². The van der Waals surface area contributed by atoms with Gasteiger partial charge in [0.25, 0.3) is 0 Å². The van der Waals surface area contributed by atoms with Gasteiger partial charge in [0.05, 0.1) is 11.3 Å². The molecule has 2 heterocycles. The maximum atomic E-state index is 11.3. The normalized spacial score (nSPS) is 16.7. The van der Waals surface area contributed by atoms with E-state index >= 15 is 0 Å². The predicted molar refractivity (Wildman–Crippen MR) is 103 cm³/mol. The Kier molecular flexibility index (Phi) is 7.66. The minimum atomic E-state index is -0.303. The van der Waals surface area contributed by atoms with Crippen LogP contribution in [0.2, 0.25) is 0 Å². The lowest BCUT2D eigenvalue weighted by atomic mass is 9.90. The van der Waals surface area contributed by atoms with E-state index in [0.29, 0.717) is 18.6 Å². The number of hydrogen-bond acceptors (Lipinski definition) is 5. The minimum absolute atomic E-state index is 0.286. The number of H-pyrrole nitrogens is 1. The highest BCUT2D eigenvalue weighted by atomic mass is 16.5. The number of aromatic amines is 1. The van der Waals surface area contributed by atoms with Crippen molar-refractivity contribution in [1.82, 2.24) is 15.4 Å². The van der Waals surface area contributed by atoms with Crippen molar-refractivity contribution in [3.05, 3.63) is 51.1 Å². The van der Waals surface area contributed by atoms with Crippen molar-refractivity contribution in [2.75, 3.05) is 19.7 Å². The fraction of sp³-hybridized carbons (Fsp3) is 0.500. The second kappa shape index (κ2) is 9.97. The molecule has 6 heteroatoms. The molecule has 0 spiro atoms. The van der Waals surface area contributed by atoms with Crippen molar-refractivity contribution in [2.24, 2.45) is 0 Å². The summed E-state index contributed by atoms with van der Waals surface area (Å²) in [5.41, 5.74) is 7.22. The molecule has 0 saturated carbocycles. The summed E-state index contributed by atoms with van der Waals surface area (Å²) in [5.74, 6) is 0.424. The number of carbonyl (C=O) groups is 1. The third-order valence-electron chi connectivity index (χ3n) is 4.52. The zero-order valence-electron chi connectivity index (χ0n) is 15.9. The number of carbonyl (C=O) groups excluding carboxylic acids is 1. The largest absolute Gasteiger partial charge is 0.487 e. The summed E-state index contributed by atoms with van der Waals surface area (Å²) in [7, 11) is 0. The van der Waals surface area contributed by atoms with Crippen molar-refractivity contribution in [3.8, 4) is 5.75 Å². The number of ether oxygens (including phenoxy) is 1. The number of likely N-dealkylation sites (N-methyl/N-ethyl adjacent to an activating group) is 1. The van der Waals surface area contributed by atoms with Gasteiger partial charge in [-0.25, -0.2) is 5.43 Å². The fourth-order valence-corrected chi connectivity index (χ4v) is 3.31. The Morgan fingerprint density at radius 2 is 2.04 bits per heavy atom. The van der Waals surface area contributed by atoms with Gasteiger partial charge in [-0.3, -0.25) is 9.59 Å². The first-order valence-corrected chi connectivity index (χ1v) is 9.46. The van der Waals surface area contributed by atoms with Crippen LogP contribution in [-0.4, -0.2) is 36.0 Å². The first-order chi connectivity index (χ1) is 12.7. The smallest absolute Gasteiger partial charge is 0.248 e. The number of allylic oxidation sites excluding steroid dienone is 1. The highest BCUT2D eigenvalue weighted by molar-refractivity contribution is 5.78. The molecule has 26 heavy (non-hydrogen) atoms. The maximum Gasteiger partial charge on any atom is 0.248 e. The number of hydrazine groups is 1. The van der Waals surface area contributed by atoms with Crippen LogP contribution in [0.3, 0.4) is 0 Å². The molecule has 1 aromatic heterocycles. The van der Waals surface area contributed by atoms with Gasteiger partial charge in [-0.2, -0.15) is 0 Å². The van der Waals surface area contributed by atoms with Gasteiger partial charge in [0, 0.05) is 25.4 Å². The maximum absolute atomic E-state index is 11.3. The Hall–Kier alpha value is -2.34. The van der Waals surface area contributed by atoms with E-state index in [1.54, 1.807) is 0 Å². The van der Waals surface area contributed by atoms with Crippen LogP contribution in [0.15, 0.2) is 40.0 Å². The number of pyridine rings is 1. The zero-order chi connectivity index (χ0) is 18.9. The molecule has 3 rings (SSSR count). The molecule has 0 aromatic carbocycles. The highest BCUT2D eigenvalue weighted by Gasteiger charge is 2.22. The average Bonchev–Trinajstić information content (AvgIpc) is 3.17. The van der Waals surface area contributed by atoms with Gasteiger partial charge in [-0.15, -0.1) is 0 Å². The average molecular weight is 359 g/mol. The second-order valence-corrected chi connectivity index (χ2v) is 6.01. The Balaban J connectivity index is 0.00000117. The Morgan fingerprint density at radius 3 is 2.77 bits per heavy atom. The zero-order valence-corrected chi connectivity index (χ0v) is 15.9. The number of hydrogen-bond donors (Lipinski definition) is 2. The molecule has 0 unspecified atom stereocenters. The van der Waals surface area contributed by atoms with E-state index in [1.165, 1.54) is 35.5 Å². The molecule has 6 nitrogen and oxygen atoms in total. The number of rotatable bonds is 6. The Bertz CT molecular complexity index is 734. The van der Waals surface area contributed by atoms with Crippen LogP contribution < -0.4 is 15.7 Å². The Labute approximate surface area is 154 Å². The topological polar surface area (TPSA) is 74.4 Å². The molecule has 1 aromatic rings. The van der Waals surface area contributed by atoms with Gasteiger partial charge in [0.1, 0.15) is 12.4 Å². The molecule has 0 bridgehead atoms. The van der Waals surface area contributed by atoms with Crippen LogP contribution >= 0.6 is 0 Å². The van der Waals surface area contributed by atoms with E-state index in [9.17, 15) is 9.59 Å². The summed E-state index contributed by atoms with van der Waals surface area (Å²) in [6, 6.07) is 1.26. The van der Waals surface area contributed by atoms with Gasteiger partial charge < -0.3 is 14.7 Å². The number of aromatic nitrogens is 1. The fourth-order valence-electron chi connectivity index (χ4n) is 3.31.